The number of anilines is 1. The van der Waals surface area contributed by atoms with Crippen molar-refractivity contribution >= 4 is 11.8 Å². The summed E-state index contributed by atoms with van der Waals surface area (Å²) in [5.74, 6) is 2.68. The molecule has 1 aromatic carbocycles. The second-order valence-corrected chi connectivity index (χ2v) is 6.28. The number of ether oxygens (including phenoxy) is 2. The second-order valence-electron chi connectivity index (χ2n) is 6.28. The summed E-state index contributed by atoms with van der Waals surface area (Å²) in [6.45, 7) is 2.68. The molecule has 0 bridgehead atoms. The first-order valence-corrected chi connectivity index (χ1v) is 8.76. The molecule has 0 saturated heterocycles. The molecule has 0 aliphatic rings. The number of hydrogen-bond donors (Lipinski definition) is 2. The second kappa shape index (κ2) is 8.47. The van der Waals surface area contributed by atoms with Crippen LogP contribution in [0.3, 0.4) is 0 Å². The Balaban J connectivity index is 1.69. The maximum atomic E-state index is 12.3. The SMILES string of the molecule is COc1ccc(Cn2nc(C)cc2NC(=O)NCc2nccn2C)cc1OC. The topological polar surface area (TPSA) is 95.2 Å². The van der Waals surface area contributed by atoms with Crippen LogP contribution < -0.4 is 20.1 Å². The molecule has 2 N–H and O–H groups in total. The van der Waals surface area contributed by atoms with Crippen LogP contribution in [0.4, 0.5) is 10.6 Å². The van der Waals surface area contributed by atoms with Gasteiger partial charge in [-0.2, -0.15) is 5.10 Å². The molecule has 9 heteroatoms. The third-order valence-electron chi connectivity index (χ3n) is 4.25. The maximum absolute atomic E-state index is 12.3. The van der Waals surface area contributed by atoms with Crippen LogP contribution in [0.25, 0.3) is 0 Å². The first-order chi connectivity index (χ1) is 13.5. The molecule has 9 nitrogen and oxygen atoms in total. The van der Waals surface area contributed by atoms with Crippen LogP contribution in [0.2, 0.25) is 0 Å². The normalized spacial score (nSPS) is 10.6. The Hall–Kier alpha value is -3.49. The molecular weight excluding hydrogens is 360 g/mol. The first kappa shape index (κ1) is 19.3. The van der Waals surface area contributed by atoms with Crippen LogP contribution in [0.5, 0.6) is 11.5 Å². The minimum Gasteiger partial charge on any atom is -0.493 e. The third kappa shape index (κ3) is 4.43. The zero-order chi connectivity index (χ0) is 20.1. The van der Waals surface area contributed by atoms with Crippen LogP contribution in [-0.4, -0.2) is 39.6 Å². The molecule has 148 valence electrons. The quantitative estimate of drug-likeness (QED) is 0.652. The molecule has 0 unspecified atom stereocenters. The van der Waals surface area contributed by atoms with Crippen molar-refractivity contribution in [1.82, 2.24) is 24.6 Å². The van der Waals surface area contributed by atoms with E-state index in [4.69, 9.17) is 9.47 Å². The number of rotatable bonds is 7. The number of methoxy groups -OCH3 is 2. The van der Waals surface area contributed by atoms with E-state index >= 15 is 0 Å². The molecular formula is C19H24N6O3. The summed E-state index contributed by atoms with van der Waals surface area (Å²) in [5, 5.41) is 10.1. The molecule has 0 fully saturated rings. The number of benzene rings is 1. The van der Waals surface area contributed by atoms with E-state index in [1.807, 2.05) is 49.0 Å². The van der Waals surface area contributed by atoms with Gasteiger partial charge >= 0.3 is 6.03 Å². The van der Waals surface area contributed by atoms with Crippen molar-refractivity contribution in [3.8, 4) is 11.5 Å². The molecule has 2 heterocycles. The summed E-state index contributed by atoms with van der Waals surface area (Å²) in [4.78, 5) is 16.5. The van der Waals surface area contributed by atoms with E-state index in [1.54, 1.807) is 25.1 Å². The number of aromatic nitrogens is 4. The van der Waals surface area contributed by atoms with Gasteiger partial charge in [-0.05, 0) is 24.6 Å². The van der Waals surface area contributed by atoms with Crippen LogP contribution in [-0.2, 0) is 20.1 Å². The highest BCUT2D eigenvalue weighted by Gasteiger charge is 2.12. The van der Waals surface area contributed by atoms with Gasteiger partial charge in [-0.3, -0.25) is 5.32 Å². The molecule has 0 radical (unpaired) electrons. The first-order valence-electron chi connectivity index (χ1n) is 8.76. The van der Waals surface area contributed by atoms with Crippen LogP contribution in [0.15, 0.2) is 36.7 Å². The van der Waals surface area contributed by atoms with Crippen molar-refractivity contribution in [2.75, 3.05) is 19.5 Å². The molecule has 3 rings (SSSR count). The Kier molecular flexibility index (Phi) is 5.83. The Morgan fingerprint density at radius 3 is 2.64 bits per heavy atom. The van der Waals surface area contributed by atoms with Gasteiger partial charge in [-0.25, -0.2) is 14.5 Å². The highest BCUT2D eigenvalue weighted by molar-refractivity contribution is 5.88. The summed E-state index contributed by atoms with van der Waals surface area (Å²) in [7, 11) is 5.07. The Morgan fingerprint density at radius 2 is 1.96 bits per heavy atom. The molecule has 28 heavy (non-hydrogen) atoms. The van der Waals surface area contributed by atoms with Crippen molar-refractivity contribution in [3.63, 3.8) is 0 Å². The molecule has 0 aliphatic carbocycles. The van der Waals surface area contributed by atoms with Crippen molar-refractivity contribution < 1.29 is 14.3 Å². The van der Waals surface area contributed by atoms with E-state index in [-0.39, 0.29) is 6.03 Å². The van der Waals surface area contributed by atoms with Crippen LogP contribution in [0, 0.1) is 6.92 Å². The lowest BCUT2D eigenvalue weighted by molar-refractivity contribution is 0.251. The lowest BCUT2D eigenvalue weighted by Crippen LogP contribution is -2.30. The van der Waals surface area contributed by atoms with Gasteiger partial charge in [0.2, 0.25) is 0 Å². The van der Waals surface area contributed by atoms with Gasteiger partial charge in [-0.1, -0.05) is 6.07 Å². The molecule has 2 aromatic heterocycles. The fourth-order valence-corrected chi connectivity index (χ4v) is 2.81. The zero-order valence-electron chi connectivity index (χ0n) is 16.4. The molecule has 2 amide bonds. The van der Waals surface area contributed by atoms with Crippen LogP contribution >= 0.6 is 0 Å². The fourth-order valence-electron chi connectivity index (χ4n) is 2.81. The van der Waals surface area contributed by atoms with Gasteiger partial charge in [0, 0.05) is 25.5 Å². The number of urea groups is 1. The third-order valence-corrected chi connectivity index (χ3v) is 4.25. The summed E-state index contributed by atoms with van der Waals surface area (Å²) >= 11 is 0. The summed E-state index contributed by atoms with van der Waals surface area (Å²) < 4.78 is 14.2. The number of amides is 2. The van der Waals surface area contributed by atoms with Crippen LogP contribution in [0.1, 0.15) is 17.1 Å². The smallest absolute Gasteiger partial charge is 0.320 e. The van der Waals surface area contributed by atoms with Gasteiger partial charge in [-0.15, -0.1) is 0 Å². The number of nitrogens with one attached hydrogen (secondary N) is 2. The summed E-state index contributed by atoms with van der Waals surface area (Å²) in [6.07, 6.45) is 3.52. The van der Waals surface area contributed by atoms with Crippen molar-refractivity contribution in [2.24, 2.45) is 7.05 Å². The van der Waals surface area contributed by atoms with E-state index < -0.39 is 0 Å². The Labute approximate surface area is 163 Å². The lowest BCUT2D eigenvalue weighted by atomic mass is 10.2. The lowest BCUT2D eigenvalue weighted by Gasteiger charge is -2.12. The number of carbonyl (C=O) groups is 1. The number of aryl methyl sites for hydroxylation is 2. The van der Waals surface area contributed by atoms with E-state index in [9.17, 15) is 4.79 Å². The molecule has 0 spiro atoms. The van der Waals surface area contributed by atoms with E-state index in [0.717, 1.165) is 17.1 Å². The maximum Gasteiger partial charge on any atom is 0.320 e. The highest BCUT2D eigenvalue weighted by Crippen LogP contribution is 2.28. The zero-order valence-corrected chi connectivity index (χ0v) is 16.4. The average Bonchev–Trinajstić information content (AvgIpc) is 3.24. The number of imidazole rings is 1. The summed E-state index contributed by atoms with van der Waals surface area (Å²) in [5.41, 5.74) is 1.78. The Morgan fingerprint density at radius 1 is 1.18 bits per heavy atom. The van der Waals surface area contributed by atoms with Gasteiger partial charge in [0.05, 0.1) is 33.0 Å². The van der Waals surface area contributed by atoms with Crippen molar-refractivity contribution in [1.29, 1.82) is 0 Å². The summed E-state index contributed by atoms with van der Waals surface area (Å²) in [6, 6.07) is 7.17. The number of nitrogens with zero attached hydrogens (tertiary/aromatic N) is 4. The molecule has 0 saturated carbocycles. The van der Waals surface area contributed by atoms with Gasteiger partial charge in [0.15, 0.2) is 11.5 Å². The molecule has 3 aromatic rings. The van der Waals surface area contributed by atoms with E-state index in [1.165, 1.54) is 0 Å². The van der Waals surface area contributed by atoms with Gasteiger partial charge < -0.3 is 19.4 Å². The average molecular weight is 384 g/mol. The van der Waals surface area contributed by atoms with E-state index in [0.29, 0.717) is 30.4 Å². The van der Waals surface area contributed by atoms with Crippen molar-refractivity contribution in [3.05, 3.63) is 53.7 Å². The molecule has 0 aliphatic heterocycles. The standard InChI is InChI=1S/C19H24N6O3/c1-13-9-17(22-19(26)21-11-18-20-7-8-24(18)2)25(23-13)12-14-5-6-15(27-3)16(10-14)28-4/h5-10H,11-12H2,1-4H3,(H2,21,22,26). The van der Waals surface area contributed by atoms with Gasteiger partial charge in [0.25, 0.3) is 0 Å². The molecule has 0 atom stereocenters. The van der Waals surface area contributed by atoms with E-state index in [2.05, 4.69) is 20.7 Å². The monoisotopic (exact) mass is 384 g/mol. The Bertz CT molecular complexity index is 962. The minimum absolute atomic E-state index is 0.323. The number of hydrogen-bond acceptors (Lipinski definition) is 5. The minimum atomic E-state index is -0.323. The highest BCUT2D eigenvalue weighted by atomic mass is 16.5. The number of carbonyl (C=O) groups excluding carboxylic acids is 1. The predicted octanol–water partition coefficient (Wildman–Crippen LogP) is 2.31. The van der Waals surface area contributed by atoms with Crippen molar-refractivity contribution in [2.45, 2.75) is 20.0 Å². The predicted molar refractivity (Wildman–Crippen MR) is 105 cm³/mol. The van der Waals surface area contributed by atoms with Gasteiger partial charge in [0.1, 0.15) is 11.6 Å². The fraction of sp³-hybridized carbons (Fsp3) is 0.316. The largest absolute Gasteiger partial charge is 0.493 e.